The van der Waals surface area contributed by atoms with E-state index in [0.29, 0.717) is 35.0 Å². The van der Waals surface area contributed by atoms with Crippen LogP contribution in [0.2, 0.25) is 0 Å². The van der Waals surface area contributed by atoms with Crippen LogP contribution in [-0.2, 0) is 30.3 Å². The average molecular weight is 882 g/mol. The molecule has 0 fully saturated rings. The van der Waals surface area contributed by atoms with Crippen LogP contribution in [0.5, 0.6) is 0 Å². The molecule has 0 spiro atoms. The minimum absolute atomic E-state index is 0.000182. The second kappa shape index (κ2) is 24.9. The van der Waals surface area contributed by atoms with Crippen LogP contribution in [0.4, 0.5) is 16.3 Å². The summed E-state index contributed by atoms with van der Waals surface area (Å²) in [6.45, 7) is 10.4. The number of aliphatic hydroxyl groups excluding tert-OH is 5. The van der Waals surface area contributed by atoms with Gasteiger partial charge < -0.3 is 60.6 Å². The summed E-state index contributed by atoms with van der Waals surface area (Å²) < 4.78 is 12.7. The minimum Gasteiger partial charge on any atom is -0.480 e. The zero-order valence-electron chi connectivity index (χ0n) is 34.7. The van der Waals surface area contributed by atoms with Crippen molar-refractivity contribution >= 4 is 68.2 Å². The monoisotopic (exact) mass is 881 g/mol. The largest absolute Gasteiger partial charge is 0.508 e. The first-order valence-electron chi connectivity index (χ1n) is 19.7. The van der Waals surface area contributed by atoms with E-state index in [1.807, 2.05) is 63.5 Å². The number of carboxylic acid groups (broad SMARTS) is 1. The Morgan fingerprint density at radius 2 is 1.67 bits per heavy atom. The van der Waals surface area contributed by atoms with Gasteiger partial charge in [-0.2, -0.15) is 0 Å². The molecule has 2 aromatic heterocycles. The molecule has 2 heterocycles. The summed E-state index contributed by atoms with van der Waals surface area (Å²) in [4.78, 5) is 63.5. The number of nitrogens with one attached hydrogen (secondary N) is 3. The Morgan fingerprint density at radius 1 is 0.950 bits per heavy atom. The van der Waals surface area contributed by atoms with Crippen LogP contribution in [0.25, 0.3) is 11.2 Å². The van der Waals surface area contributed by atoms with Crippen molar-refractivity contribution in [3.05, 3.63) is 42.0 Å². The van der Waals surface area contributed by atoms with E-state index >= 15 is 0 Å². The summed E-state index contributed by atoms with van der Waals surface area (Å²) in [5, 5.41) is 65.6. The molecule has 21 heteroatoms. The number of carbonyl (C=O) groups is 4. The number of benzene rings is 1. The number of hydrogen-bond donors (Lipinski definition) is 9. The molecule has 0 saturated heterocycles. The van der Waals surface area contributed by atoms with Crippen LogP contribution < -0.4 is 16.0 Å². The van der Waals surface area contributed by atoms with Gasteiger partial charge in [-0.1, -0.05) is 54.5 Å². The molecule has 60 heavy (non-hydrogen) atoms. The average Bonchev–Trinajstić information content (AvgIpc) is 3.65. The lowest BCUT2D eigenvalue weighted by Gasteiger charge is -2.25. The Hall–Kier alpha value is -4.25. The van der Waals surface area contributed by atoms with Gasteiger partial charge in [-0.25, -0.2) is 24.5 Å². The normalized spacial score (nSPS) is 15.2. The van der Waals surface area contributed by atoms with E-state index in [1.54, 1.807) is 6.33 Å². The smallest absolute Gasteiger partial charge is 0.480 e. The van der Waals surface area contributed by atoms with Gasteiger partial charge in [0.15, 0.2) is 17.0 Å². The fourth-order valence-electron chi connectivity index (χ4n) is 5.61. The number of nitrogens with zero attached hydrogens (tertiary/aromatic N) is 4. The highest BCUT2D eigenvalue weighted by Gasteiger charge is 2.30. The SMILES string of the molecule is Cc1cccc(Nc2nc(C[C@@H](COC(=O)OCCSSC[C@H](NC(=O)[C@@H](C)CCC(=O)NC[C@H](O)[C@@H](O)[C@H](O)[C@H](O)CO)C(=O)O)C(C)C)nc3c2ncn3C(C)C)c1. The number of carboxylic acids is 1. The summed E-state index contributed by atoms with van der Waals surface area (Å²) in [5.74, 6) is -1.70. The lowest BCUT2D eigenvalue weighted by molar-refractivity contribution is -0.141. The summed E-state index contributed by atoms with van der Waals surface area (Å²) in [7, 11) is 2.42. The van der Waals surface area contributed by atoms with Crippen molar-refractivity contribution in [2.75, 3.05) is 43.2 Å². The number of imidazole rings is 1. The number of carbonyl (C=O) groups excluding carboxylic acids is 3. The summed E-state index contributed by atoms with van der Waals surface area (Å²) in [5.41, 5.74) is 3.31. The molecule has 9 N–H and O–H groups in total. The summed E-state index contributed by atoms with van der Waals surface area (Å²) in [6, 6.07) is 6.83. The molecule has 2 amide bonds. The van der Waals surface area contributed by atoms with Gasteiger partial charge in [0.05, 0.1) is 25.6 Å². The highest BCUT2D eigenvalue weighted by atomic mass is 33.1. The molecule has 0 saturated carbocycles. The molecule has 7 atom stereocenters. The molecular formula is C39H59N7O12S2. The van der Waals surface area contributed by atoms with Gasteiger partial charge in [-0.05, 0) is 50.8 Å². The van der Waals surface area contributed by atoms with Crippen molar-refractivity contribution in [1.82, 2.24) is 30.2 Å². The lowest BCUT2D eigenvalue weighted by atomic mass is 9.93. The van der Waals surface area contributed by atoms with Gasteiger partial charge in [0.2, 0.25) is 11.8 Å². The van der Waals surface area contributed by atoms with E-state index < -0.39 is 73.5 Å². The predicted octanol–water partition coefficient (Wildman–Crippen LogP) is 2.35. The maximum atomic E-state index is 12.7. The molecule has 0 unspecified atom stereocenters. The van der Waals surface area contributed by atoms with Gasteiger partial charge >= 0.3 is 12.1 Å². The number of ether oxygens (including phenoxy) is 2. The number of rotatable bonds is 26. The van der Waals surface area contributed by atoms with E-state index in [2.05, 4.69) is 20.9 Å². The standard InChI is InChI=1S/C39H59N7O12S2/c1-21(2)25(15-30-44-35(42-26-9-7-8-23(5)14-26)32-36(45-30)46(20-41-32)22(3)4)18-58-39(56)57-12-13-59-60-19-27(38(54)55)43-37(53)24(6)10-11-31(50)40-16-28(48)33(51)34(52)29(49)17-47/h7-9,14,20-22,24-25,27-29,33-34,47-49,51-52H,10-13,15-19H2,1-6H3,(H,40,50)(H,43,53)(H,54,55)(H,42,44,45)/t24-,25-,27-,28-,29+,33+,34+/m0/s1. The van der Waals surface area contributed by atoms with Crippen LogP contribution in [0.1, 0.15) is 64.9 Å². The van der Waals surface area contributed by atoms with E-state index in [-0.39, 0.29) is 49.7 Å². The first kappa shape index (κ1) is 50.1. The zero-order valence-corrected chi connectivity index (χ0v) is 36.3. The van der Waals surface area contributed by atoms with Crippen molar-refractivity contribution in [2.45, 2.75) is 97.3 Å². The Bertz CT molecular complexity index is 1850. The molecule has 0 aliphatic carbocycles. The summed E-state index contributed by atoms with van der Waals surface area (Å²) >= 11 is 0. The number of aliphatic hydroxyl groups is 5. The molecule has 19 nitrogen and oxygen atoms in total. The number of aryl methyl sites for hydroxylation is 1. The molecular weight excluding hydrogens is 823 g/mol. The van der Waals surface area contributed by atoms with E-state index in [4.69, 9.17) is 24.5 Å². The van der Waals surface area contributed by atoms with Crippen molar-refractivity contribution < 1.29 is 59.3 Å². The van der Waals surface area contributed by atoms with Crippen LogP contribution in [0.3, 0.4) is 0 Å². The minimum atomic E-state index is -1.84. The van der Waals surface area contributed by atoms with Crippen LogP contribution in [-0.4, -0.2) is 142 Å². The number of hydrogen-bond acceptors (Lipinski definition) is 17. The van der Waals surface area contributed by atoms with Crippen molar-refractivity contribution in [2.24, 2.45) is 17.8 Å². The van der Waals surface area contributed by atoms with Gasteiger partial charge in [-0.15, -0.1) is 0 Å². The van der Waals surface area contributed by atoms with E-state index in [1.165, 1.54) is 28.5 Å². The maximum absolute atomic E-state index is 12.7. The number of aliphatic carboxylic acids is 1. The second-order valence-corrected chi connectivity index (χ2v) is 17.7. The summed E-state index contributed by atoms with van der Waals surface area (Å²) in [6.07, 6.45) is -5.77. The van der Waals surface area contributed by atoms with Crippen LogP contribution >= 0.6 is 21.6 Å². The van der Waals surface area contributed by atoms with Gasteiger partial charge in [0, 0.05) is 54.5 Å². The molecule has 334 valence electrons. The van der Waals surface area contributed by atoms with Crippen LogP contribution in [0.15, 0.2) is 30.6 Å². The lowest BCUT2D eigenvalue weighted by Crippen LogP contribution is -2.49. The van der Waals surface area contributed by atoms with E-state index in [9.17, 15) is 44.7 Å². The fourth-order valence-corrected chi connectivity index (χ4v) is 7.59. The third-order valence-electron chi connectivity index (χ3n) is 9.51. The highest BCUT2D eigenvalue weighted by Crippen LogP contribution is 2.27. The Morgan fingerprint density at radius 3 is 2.32 bits per heavy atom. The number of fused-ring (bicyclic) bond motifs is 1. The van der Waals surface area contributed by atoms with E-state index in [0.717, 1.165) is 11.3 Å². The molecule has 1 aromatic carbocycles. The Kier molecular flexibility index (Phi) is 20.8. The molecule has 0 bridgehead atoms. The number of anilines is 2. The first-order chi connectivity index (χ1) is 28.4. The molecule has 0 aliphatic heterocycles. The molecule has 0 aliphatic rings. The first-order valence-corrected chi connectivity index (χ1v) is 22.1. The van der Waals surface area contributed by atoms with Gasteiger partial charge in [-0.3, -0.25) is 9.59 Å². The van der Waals surface area contributed by atoms with Crippen molar-refractivity contribution in [3.8, 4) is 0 Å². The topological polar surface area (TPSA) is 288 Å². The third kappa shape index (κ3) is 16.0. The molecule has 0 radical (unpaired) electrons. The third-order valence-corrected chi connectivity index (χ3v) is 11.9. The van der Waals surface area contributed by atoms with Crippen molar-refractivity contribution in [3.63, 3.8) is 0 Å². The molecule has 3 aromatic rings. The van der Waals surface area contributed by atoms with Crippen molar-refractivity contribution in [1.29, 1.82) is 0 Å². The zero-order chi connectivity index (χ0) is 44.5. The quantitative estimate of drug-likeness (QED) is 0.0318. The number of amides is 2. The Balaban J connectivity index is 1.40. The Labute approximate surface area is 356 Å². The fraction of sp³-hybridized carbons (Fsp3) is 0.615. The number of aromatic nitrogens is 4. The second-order valence-electron chi connectivity index (χ2n) is 15.1. The maximum Gasteiger partial charge on any atom is 0.508 e. The predicted molar refractivity (Wildman–Crippen MR) is 227 cm³/mol. The highest BCUT2D eigenvalue weighted by molar-refractivity contribution is 8.76. The van der Waals surface area contributed by atoms with Gasteiger partial charge in [0.25, 0.3) is 0 Å². The van der Waals surface area contributed by atoms with Gasteiger partial charge in [0.1, 0.15) is 36.8 Å². The van der Waals surface area contributed by atoms with Crippen LogP contribution in [0, 0.1) is 24.7 Å². The molecule has 3 rings (SSSR count).